The van der Waals surface area contributed by atoms with E-state index in [1.165, 1.54) is 4.90 Å². The van der Waals surface area contributed by atoms with Crippen LogP contribution in [0.2, 0.25) is 0 Å². The first-order chi connectivity index (χ1) is 13.4. The van der Waals surface area contributed by atoms with E-state index < -0.39 is 10.0 Å². The molecule has 0 heterocycles. The number of hydrogen-bond acceptors (Lipinski definition) is 4. The standard InChI is InChI=1S/C22H23NO3S2/c1-16-14-22(17(2)13-21(16)26-3)28(24,25)23-19-11-9-18(10-12-19)15-27-20-7-5-4-6-8-20/h4-14,23H,15H2,1-3H3. The second-order valence-electron chi connectivity index (χ2n) is 6.49. The van der Waals surface area contributed by atoms with E-state index in [0.29, 0.717) is 17.0 Å². The number of aryl methyl sites for hydroxylation is 2. The monoisotopic (exact) mass is 413 g/mol. The molecule has 0 fully saturated rings. The molecule has 0 aliphatic carbocycles. The van der Waals surface area contributed by atoms with Crippen LogP contribution >= 0.6 is 11.8 Å². The fourth-order valence-electron chi connectivity index (χ4n) is 2.84. The van der Waals surface area contributed by atoms with Gasteiger partial charge in [-0.05, 0) is 66.9 Å². The molecule has 0 amide bonds. The summed E-state index contributed by atoms with van der Waals surface area (Å²) in [6.07, 6.45) is 0. The van der Waals surface area contributed by atoms with Crippen LogP contribution in [0, 0.1) is 13.8 Å². The zero-order valence-electron chi connectivity index (χ0n) is 16.1. The minimum absolute atomic E-state index is 0.259. The Morgan fingerprint density at radius 2 is 1.61 bits per heavy atom. The van der Waals surface area contributed by atoms with Crippen LogP contribution in [0.25, 0.3) is 0 Å². The summed E-state index contributed by atoms with van der Waals surface area (Å²) >= 11 is 1.75. The number of thioether (sulfide) groups is 1. The number of sulfonamides is 1. The molecule has 0 bridgehead atoms. The second kappa shape index (κ2) is 8.71. The second-order valence-corrected chi connectivity index (χ2v) is 9.19. The van der Waals surface area contributed by atoms with Gasteiger partial charge in [0.15, 0.2) is 0 Å². The van der Waals surface area contributed by atoms with Crippen molar-refractivity contribution in [3.8, 4) is 5.75 Å². The zero-order valence-corrected chi connectivity index (χ0v) is 17.7. The summed E-state index contributed by atoms with van der Waals surface area (Å²) in [5.41, 5.74) is 3.10. The van der Waals surface area contributed by atoms with Gasteiger partial charge >= 0.3 is 0 Å². The number of hydrogen-bond donors (Lipinski definition) is 1. The van der Waals surface area contributed by atoms with Crippen LogP contribution < -0.4 is 9.46 Å². The SMILES string of the molecule is COc1cc(C)c(S(=O)(=O)Nc2ccc(CSc3ccccc3)cc2)cc1C. The molecule has 0 saturated heterocycles. The Balaban J connectivity index is 1.72. The van der Waals surface area contributed by atoms with E-state index in [1.807, 2.05) is 37.3 Å². The Kier molecular flexibility index (Phi) is 6.31. The third-order valence-electron chi connectivity index (χ3n) is 4.34. The van der Waals surface area contributed by atoms with Gasteiger partial charge in [-0.2, -0.15) is 0 Å². The molecule has 6 heteroatoms. The predicted molar refractivity (Wildman–Crippen MR) is 116 cm³/mol. The number of anilines is 1. The molecule has 0 aliphatic heterocycles. The van der Waals surface area contributed by atoms with Gasteiger partial charge < -0.3 is 4.74 Å². The molecule has 4 nitrogen and oxygen atoms in total. The van der Waals surface area contributed by atoms with Gasteiger partial charge in [-0.15, -0.1) is 11.8 Å². The number of ether oxygens (including phenoxy) is 1. The van der Waals surface area contributed by atoms with Gasteiger partial charge in [0.05, 0.1) is 12.0 Å². The summed E-state index contributed by atoms with van der Waals surface area (Å²) < 4.78 is 33.6. The van der Waals surface area contributed by atoms with E-state index in [4.69, 9.17) is 4.74 Å². The summed E-state index contributed by atoms with van der Waals surface area (Å²) in [4.78, 5) is 1.46. The molecule has 0 radical (unpaired) electrons. The van der Waals surface area contributed by atoms with Crippen LogP contribution in [-0.4, -0.2) is 15.5 Å². The van der Waals surface area contributed by atoms with Crippen molar-refractivity contribution in [3.63, 3.8) is 0 Å². The third-order valence-corrected chi connectivity index (χ3v) is 6.94. The lowest BCUT2D eigenvalue weighted by molar-refractivity contribution is 0.411. The van der Waals surface area contributed by atoms with Gasteiger partial charge in [-0.1, -0.05) is 30.3 Å². The molecule has 1 N–H and O–H groups in total. The van der Waals surface area contributed by atoms with Crippen LogP contribution in [0.15, 0.2) is 76.5 Å². The molecule has 3 rings (SSSR count). The molecule has 0 aromatic heterocycles. The van der Waals surface area contributed by atoms with Crippen molar-refractivity contribution in [1.82, 2.24) is 0 Å². The van der Waals surface area contributed by atoms with Gasteiger partial charge in [-0.25, -0.2) is 8.42 Å². The maximum atomic E-state index is 12.8. The van der Waals surface area contributed by atoms with Gasteiger partial charge in [0.25, 0.3) is 10.0 Å². The average molecular weight is 414 g/mol. The molecule has 3 aromatic carbocycles. The highest BCUT2D eigenvalue weighted by Gasteiger charge is 2.19. The van der Waals surface area contributed by atoms with Crippen molar-refractivity contribution in [2.75, 3.05) is 11.8 Å². The molecule has 3 aromatic rings. The van der Waals surface area contributed by atoms with Gasteiger partial charge in [0.1, 0.15) is 5.75 Å². The molecular formula is C22H23NO3S2. The van der Waals surface area contributed by atoms with Crippen LogP contribution in [-0.2, 0) is 15.8 Å². The lowest BCUT2D eigenvalue weighted by Gasteiger charge is -2.13. The maximum absolute atomic E-state index is 12.8. The minimum Gasteiger partial charge on any atom is -0.496 e. The zero-order chi connectivity index (χ0) is 20.1. The molecule has 0 aliphatic rings. The molecule has 0 spiro atoms. The largest absolute Gasteiger partial charge is 0.496 e. The number of nitrogens with one attached hydrogen (secondary N) is 1. The third kappa shape index (κ3) is 4.88. The first kappa shape index (κ1) is 20.3. The Bertz CT molecular complexity index is 1050. The van der Waals surface area contributed by atoms with Gasteiger partial charge in [0.2, 0.25) is 0 Å². The van der Waals surface area contributed by atoms with Crippen molar-refractivity contribution in [2.45, 2.75) is 29.4 Å². The van der Waals surface area contributed by atoms with E-state index in [1.54, 1.807) is 50.1 Å². The topological polar surface area (TPSA) is 55.4 Å². The fraction of sp³-hybridized carbons (Fsp3) is 0.182. The Morgan fingerprint density at radius 3 is 2.25 bits per heavy atom. The minimum atomic E-state index is -3.67. The highest BCUT2D eigenvalue weighted by Crippen LogP contribution is 2.28. The van der Waals surface area contributed by atoms with Crippen molar-refractivity contribution in [1.29, 1.82) is 0 Å². The van der Waals surface area contributed by atoms with E-state index in [9.17, 15) is 8.42 Å². The molecular weight excluding hydrogens is 390 g/mol. The normalized spacial score (nSPS) is 11.2. The molecule has 28 heavy (non-hydrogen) atoms. The summed E-state index contributed by atoms with van der Waals surface area (Å²) in [6.45, 7) is 3.59. The summed E-state index contributed by atoms with van der Waals surface area (Å²) in [7, 11) is -2.10. The lowest BCUT2D eigenvalue weighted by atomic mass is 10.1. The van der Waals surface area contributed by atoms with Crippen LogP contribution in [0.5, 0.6) is 5.75 Å². The van der Waals surface area contributed by atoms with E-state index in [-0.39, 0.29) is 4.90 Å². The highest BCUT2D eigenvalue weighted by molar-refractivity contribution is 7.98. The quantitative estimate of drug-likeness (QED) is 0.527. The summed E-state index contributed by atoms with van der Waals surface area (Å²) in [5, 5.41) is 0. The van der Waals surface area contributed by atoms with Crippen LogP contribution in [0.3, 0.4) is 0 Å². The van der Waals surface area contributed by atoms with Crippen LogP contribution in [0.4, 0.5) is 5.69 Å². The molecule has 146 valence electrons. The Hall–Kier alpha value is -2.44. The average Bonchev–Trinajstić information content (AvgIpc) is 2.69. The van der Waals surface area contributed by atoms with E-state index in [0.717, 1.165) is 16.9 Å². The van der Waals surface area contributed by atoms with Crippen molar-refractivity contribution in [2.24, 2.45) is 0 Å². The van der Waals surface area contributed by atoms with Crippen molar-refractivity contribution >= 4 is 27.5 Å². The van der Waals surface area contributed by atoms with Gasteiger partial charge in [-0.3, -0.25) is 4.72 Å². The smallest absolute Gasteiger partial charge is 0.262 e. The first-order valence-corrected chi connectivity index (χ1v) is 11.3. The van der Waals surface area contributed by atoms with E-state index in [2.05, 4.69) is 16.9 Å². The van der Waals surface area contributed by atoms with Crippen molar-refractivity contribution in [3.05, 3.63) is 83.4 Å². The lowest BCUT2D eigenvalue weighted by Crippen LogP contribution is -2.14. The molecule has 0 atom stereocenters. The summed E-state index contributed by atoms with van der Waals surface area (Å²) in [6, 6.07) is 21.0. The molecule has 0 unspecified atom stereocenters. The van der Waals surface area contributed by atoms with Gasteiger partial charge in [0, 0.05) is 16.3 Å². The Labute approximate surface area is 171 Å². The first-order valence-electron chi connectivity index (χ1n) is 8.84. The summed E-state index contributed by atoms with van der Waals surface area (Å²) in [5.74, 6) is 1.50. The van der Waals surface area contributed by atoms with E-state index >= 15 is 0 Å². The fourth-order valence-corrected chi connectivity index (χ4v) is 5.08. The highest BCUT2D eigenvalue weighted by atomic mass is 32.2. The van der Waals surface area contributed by atoms with Crippen LogP contribution in [0.1, 0.15) is 16.7 Å². The van der Waals surface area contributed by atoms with Crippen molar-refractivity contribution < 1.29 is 13.2 Å². The molecule has 0 saturated carbocycles. The predicted octanol–water partition coefficient (Wildman–Crippen LogP) is 5.41. The number of benzene rings is 3. The number of methoxy groups -OCH3 is 1. The maximum Gasteiger partial charge on any atom is 0.262 e. The Morgan fingerprint density at radius 1 is 0.929 bits per heavy atom. The number of rotatable bonds is 7.